The van der Waals surface area contributed by atoms with E-state index in [9.17, 15) is 9.90 Å². The van der Waals surface area contributed by atoms with Gasteiger partial charge in [-0.1, -0.05) is 12.1 Å². The molecule has 100 valence electrons. The fourth-order valence-electron chi connectivity index (χ4n) is 1.96. The number of hydrogen-bond acceptors (Lipinski definition) is 4. The van der Waals surface area contributed by atoms with Crippen molar-refractivity contribution in [3.8, 4) is 5.75 Å². The monoisotopic (exact) mass is 260 g/mol. The van der Waals surface area contributed by atoms with Crippen molar-refractivity contribution < 1.29 is 14.6 Å². The molecule has 1 aromatic carbocycles. The van der Waals surface area contributed by atoms with Crippen LogP contribution in [-0.2, 0) is 10.2 Å². The molecule has 1 saturated carbocycles. The van der Waals surface area contributed by atoms with Gasteiger partial charge in [0.15, 0.2) is 5.76 Å². The Morgan fingerprint density at radius 2 is 2.05 bits per heavy atom. The third-order valence-electron chi connectivity index (χ3n) is 3.22. The summed E-state index contributed by atoms with van der Waals surface area (Å²) < 4.78 is 5.49. The summed E-state index contributed by atoms with van der Waals surface area (Å²) in [7, 11) is 1.62. The number of rotatable bonds is 5. The normalized spacial score (nSPS) is 17.4. The van der Waals surface area contributed by atoms with E-state index in [0.717, 1.165) is 5.56 Å². The Balaban J connectivity index is 2.13. The SMILES string of the molecule is CN=C/C(=C\N)Oc1ccc(C2(C(=O)O)CC2)cc1. The van der Waals surface area contributed by atoms with Crippen LogP contribution in [0.1, 0.15) is 18.4 Å². The number of hydrogen-bond donors (Lipinski definition) is 2. The summed E-state index contributed by atoms with van der Waals surface area (Å²) in [6, 6.07) is 7.05. The number of aliphatic carboxylic acids is 1. The number of nitrogens with two attached hydrogens (primary N) is 1. The maximum Gasteiger partial charge on any atom is 0.314 e. The minimum atomic E-state index is -0.762. The second-order valence-electron chi connectivity index (χ2n) is 4.47. The third-order valence-corrected chi connectivity index (χ3v) is 3.22. The molecule has 0 aliphatic heterocycles. The first-order valence-corrected chi connectivity index (χ1v) is 5.98. The van der Waals surface area contributed by atoms with Crippen molar-refractivity contribution in [3.05, 3.63) is 41.8 Å². The van der Waals surface area contributed by atoms with Gasteiger partial charge in [0.25, 0.3) is 0 Å². The molecule has 0 atom stereocenters. The minimum absolute atomic E-state index is 0.439. The fraction of sp³-hybridized carbons (Fsp3) is 0.286. The molecule has 1 aliphatic carbocycles. The van der Waals surface area contributed by atoms with Crippen LogP contribution in [0.15, 0.2) is 41.2 Å². The van der Waals surface area contributed by atoms with Gasteiger partial charge >= 0.3 is 5.97 Å². The number of allylic oxidation sites excluding steroid dienone is 1. The molecule has 0 bridgehead atoms. The zero-order valence-corrected chi connectivity index (χ0v) is 10.7. The fourth-order valence-corrected chi connectivity index (χ4v) is 1.96. The van der Waals surface area contributed by atoms with Crippen LogP contribution in [0.25, 0.3) is 0 Å². The average molecular weight is 260 g/mol. The molecule has 0 aromatic heterocycles. The standard InChI is InChI=1S/C14H16N2O3/c1-16-9-12(8-15)19-11-4-2-10(3-5-11)14(6-7-14)13(17)18/h2-5,8-9H,6-7,15H2,1H3,(H,17,18)/b12-8+,16-9?. The van der Waals surface area contributed by atoms with Gasteiger partial charge in [0.2, 0.25) is 0 Å². The third kappa shape index (κ3) is 2.59. The molecule has 0 saturated heterocycles. The topological polar surface area (TPSA) is 84.9 Å². The van der Waals surface area contributed by atoms with Crippen molar-refractivity contribution in [2.45, 2.75) is 18.3 Å². The van der Waals surface area contributed by atoms with Crippen molar-refractivity contribution in [1.82, 2.24) is 0 Å². The molecule has 0 spiro atoms. The van der Waals surface area contributed by atoms with E-state index in [1.54, 1.807) is 31.3 Å². The molecule has 2 rings (SSSR count). The molecule has 0 heterocycles. The van der Waals surface area contributed by atoms with Crippen molar-refractivity contribution in [2.75, 3.05) is 7.05 Å². The summed E-state index contributed by atoms with van der Waals surface area (Å²) in [5, 5.41) is 9.21. The number of nitrogens with zero attached hydrogens (tertiary/aromatic N) is 1. The van der Waals surface area contributed by atoms with Crippen LogP contribution in [0.4, 0.5) is 0 Å². The van der Waals surface area contributed by atoms with Crippen LogP contribution < -0.4 is 10.5 Å². The van der Waals surface area contributed by atoms with E-state index >= 15 is 0 Å². The average Bonchev–Trinajstić information content (AvgIpc) is 3.20. The summed E-state index contributed by atoms with van der Waals surface area (Å²) in [6.07, 6.45) is 4.21. The first kappa shape index (κ1) is 13.1. The number of carboxylic acid groups (broad SMARTS) is 1. The largest absolute Gasteiger partial charge is 0.481 e. The predicted octanol–water partition coefficient (Wildman–Crippen LogP) is 1.68. The zero-order valence-electron chi connectivity index (χ0n) is 10.7. The second kappa shape index (κ2) is 5.14. The van der Waals surface area contributed by atoms with Gasteiger partial charge in [-0.05, 0) is 30.5 Å². The molecular weight excluding hydrogens is 244 g/mol. The van der Waals surface area contributed by atoms with E-state index in [4.69, 9.17) is 10.5 Å². The van der Waals surface area contributed by atoms with E-state index in [0.29, 0.717) is 24.4 Å². The van der Waals surface area contributed by atoms with Gasteiger partial charge in [-0.2, -0.15) is 0 Å². The number of ether oxygens (including phenoxy) is 1. The van der Waals surface area contributed by atoms with Gasteiger partial charge in [0.05, 0.1) is 11.6 Å². The Morgan fingerprint density at radius 1 is 1.42 bits per heavy atom. The molecular formula is C14H16N2O3. The molecule has 0 amide bonds. The van der Waals surface area contributed by atoms with Crippen LogP contribution >= 0.6 is 0 Å². The quantitative estimate of drug-likeness (QED) is 0.623. The van der Waals surface area contributed by atoms with E-state index in [-0.39, 0.29) is 0 Å². The van der Waals surface area contributed by atoms with Gasteiger partial charge in [-0.25, -0.2) is 0 Å². The molecule has 19 heavy (non-hydrogen) atoms. The van der Waals surface area contributed by atoms with Gasteiger partial charge in [0.1, 0.15) is 5.75 Å². The summed E-state index contributed by atoms with van der Waals surface area (Å²) in [5.41, 5.74) is 5.53. The van der Waals surface area contributed by atoms with E-state index in [1.165, 1.54) is 12.4 Å². The lowest BCUT2D eigenvalue weighted by molar-refractivity contribution is -0.140. The molecule has 3 N–H and O–H groups in total. The number of aliphatic imine (C=N–C) groups is 1. The molecule has 1 fully saturated rings. The highest BCUT2D eigenvalue weighted by Crippen LogP contribution is 2.48. The number of carbonyl (C=O) groups is 1. The van der Waals surface area contributed by atoms with Gasteiger partial charge in [0, 0.05) is 13.2 Å². The first-order valence-electron chi connectivity index (χ1n) is 5.98. The highest BCUT2D eigenvalue weighted by molar-refractivity contribution is 5.85. The number of benzene rings is 1. The molecule has 1 aliphatic rings. The lowest BCUT2D eigenvalue weighted by atomic mass is 9.96. The maximum atomic E-state index is 11.2. The minimum Gasteiger partial charge on any atom is -0.481 e. The van der Waals surface area contributed by atoms with Crippen LogP contribution in [0.5, 0.6) is 5.75 Å². The summed E-state index contributed by atoms with van der Waals surface area (Å²) in [4.78, 5) is 15.0. The Labute approximate surface area is 111 Å². The van der Waals surface area contributed by atoms with E-state index in [1.807, 2.05) is 0 Å². The van der Waals surface area contributed by atoms with E-state index in [2.05, 4.69) is 4.99 Å². The van der Waals surface area contributed by atoms with Crippen LogP contribution in [-0.4, -0.2) is 24.3 Å². The lowest BCUT2D eigenvalue weighted by Gasteiger charge is -2.11. The molecule has 0 unspecified atom stereocenters. The smallest absolute Gasteiger partial charge is 0.314 e. The predicted molar refractivity (Wildman–Crippen MR) is 72.3 cm³/mol. The number of carboxylic acids is 1. The Hall–Kier alpha value is -2.30. The highest BCUT2D eigenvalue weighted by atomic mass is 16.5. The van der Waals surface area contributed by atoms with Crippen LogP contribution in [0.2, 0.25) is 0 Å². The van der Waals surface area contributed by atoms with Crippen molar-refractivity contribution in [2.24, 2.45) is 10.7 Å². The van der Waals surface area contributed by atoms with Gasteiger partial charge < -0.3 is 15.6 Å². The van der Waals surface area contributed by atoms with Crippen molar-refractivity contribution in [3.63, 3.8) is 0 Å². The summed E-state index contributed by atoms with van der Waals surface area (Å²) >= 11 is 0. The Kier molecular flexibility index (Phi) is 3.55. The summed E-state index contributed by atoms with van der Waals surface area (Å²) in [5.74, 6) is 0.276. The molecule has 5 heteroatoms. The van der Waals surface area contributed by atoms with Crippen molar-refractivity contribution >= 4 is 12.2 Å². The molecule has 0 radical (unpaired) electrons. The van der Waals surface area contributed by atoms with Gasteiger partial charge in [-0.3, -0.25) is 9.79 Å². The highest BCUT2D eigenvalue weighted by Gasteiger charge is 2.51. The zero-order chi connectivity index (χ0) is 13.9. The van der Waals surface area contributed by atoms with Crippen LogP contribution in [0.3, 0.4) is 0 Å². The second-order valence-corrected chi connectivity index (χ2v) is 4.47. The van der Waals surface area contributed by atoms with Crippen LogP contribution in [0, 0.1) is 0 Å². The first-order chi connectivity index (χ1) is 9.12. The van der Waals surface area contributed by atoms with E-state index < -0.39 is 11.4 Å². The van der Waals surface area contributed by atoms with Crippen molar-refractivity contribution in [1.29, 1.82) is 0 Å². The Morgan fingerprint density at radius 3 is 2.47 bits per heavy atom. The molecule has 1 aromatic rings. The Bertz CT molecular complexity index is 528. The molecule has 5 nitrogen and oxygen atoms in total. The summed E-state index contributed by atoms with van der Waals surface area (Å²) in [6.45, 7) is 0. The van der Waals surface area contributed by atoms with Gasteiger partial charge in [-0.15, -0.1) is 0 Å². The maximum absolute atomic E-state index is 11.2. The lowest BCUT2D eigenvalue weighted by Crippen LogP contribution is -2.19.